The molecule has 5 nitrogen and oxygen atoms in total. The SMILES string of the molecule is CCCCNC(=O)c1cc2n(n1)C(C(F)(F)F)CC(c1ccc(Br)cc1)N2. The normalized spacial score (nSPS) is 19.3. The summed E-state index contributed by atoms with van der Waals surface area (Å²) in [6, 6.07) is 6.20. The third kappa shape index (κ3) is 4.45. The monoisotopic (exact) mass is 444 g/mol. The van der Waals surface area contributed by atoms with Crippen molar-refractivity contribution in [1.82, 2.24) is 15.1 Å². The fraction of sp³-hybridized carbons (Fsp3) is 0.444. The van der Waals surface area contributed by atoms with Gasteiger partial charge in [0.15, 0.2) is 11.7 Å². The van der Waals surface area contributed by atoms with Gasteiger partial charge >= 0.3 is 6.18 Å². The molecule has 3 rings (SSSR count). The van der Waals surface area contributed by atoms with Crippen molar-refractivity contribution in [2.75, 3.05) is 11.9 Å². The van der Waals surface area contributed by atoms with Crippen LogP contribution in [0.5, 0.6) is 0 Å². The lowest BCUT2D eigenvalue weighted by atomic mass is 9.97. The Hall–Kier alpha value is -2.03. The summed E-state index contributed by atoms with van der Waals surface area (Å²) >= 11 is 3.32. The molecular formula is C18H20BrF3N4O. The average Bonchev–Trinajstić information content (AvgIpc) is 3.05. The minimum atomic E-state index is -4.47. The predicted molar refractivity (Wildman–Crippen MR) is 99.7 cm³/mol. The number of hydrogen-bond donors (Lipinski definition) is 2. The standard InChI is InChI=1S/C18H20BrF3N4O/c1-2-3-8-23-17(27)14-10-16-24-13(11-4-6-12(19)7-5-11)9-15(18(20,21)22)26(16)25-14/h4-7,10,13,15,24H,2-3,8-9H2,1H3,(H,23,27). The molecule has 2 heterocycles. The van der Waals surface area contributed by atoms with Crippen LogP contribution in [-0.4, -0.2) is 28.4 Å². The number of carbonyl (C=O) groups is 1. The third-order valence-corrected chi connectivity index (χ3v) is 5.04. The van der Waals surface area contributed by atoms with Crippen LogP contribution in [0.3, 0.4) is 0 Å². The highest BCUT2D eigenvalue weighted by Crippen LogP contribution is 2.43. The molecule has 0 radical (unpaired) electrons. The van der Waals surface area contributed by atoms with E-state index < -0.39 is 24.2 Å². The summed E-state index contributed by atoms with van der Waals surface area (Å²) in [7, 11) is 0. The maximum absolute atomic E-state index is 13.6. The molecule has 2 aromatic rings. The smallest absolute Gasteiger partial charge is 0.363 e. The molecule has 0 aliphatic carbocycles. The third-order valence-electron chi connectivity index (χ3n) is 4.51. The first kappa shape index (κ1) is 19.7. The Morgan fingerprint density at radius 1 is 1.37 bits per heavy atom. The zero-order valence-corrected chi connectivity index (χ0v) is 16.3. The van der Waals surface area contributed by atoms with Gasteiger partial charge in [0, 0.05) is 23.5 Å². The number of anilines is 1. The van der Waals surface area contributed by atoms with Gasteiger partial charge in [-0.2, -0.15) is 18.3 Å². The van der Waals surface area contributed by atoms with Gasteiger partial charge < -0.3 is 10.6 Å². The fourth-order valence-electron chi connectivity index (χ4n) is 3.07. The lowest BCUT2D eigenvalue weighted by Gasteiger charge is -2.33. The molecule has 0 fully saturated rings. The van der Waals surface area contributed by atoms with E-state index in [1.165, 1.54) is 6.07 Å². The Balaban J connectivity index is 1.88. The second-order valence-corrected chi connectivity index (χ2v) is 7.43. The van der Waals surface area contributed by atoms with Crippen LogP contribution in [0.15, 0.2) is 34.8 Å². The van der Waals surface area contributed by atoms with Gasteiger partial charge in [-0.1, -0.05) is 41.4 Å². The number of alkyl halides is 3. The number of aromatic nitrogens is 2. The first-order chi connectivity index (χ1) is 12.8. The van der Waals surface area contributed by atoms with Crippen molar-refractivity contribution in [2.24, 2.45) is 0 Å². The Morgan fingerprint density at radius 2 is 2.07 bits per heavy atom. The number of carbonyl (C=O) groups excluding carboxylic acids is 1. The number of fused-ring (bicyclic) bond motifs is 1. The predicted octanol–water partition coefficient (Wildman–Crippen LogP) is 4.84. The molecule has 2 atom stereocenters. The summed E-state index contributed by atoms with van der Waals surface area (Å²) < 4.78 is 42.6. The molecule has 9 heteroatoms. The van der Waals surface area contributed by atoms with Crippen molar-refractivity contribution in [1.29, 1.82) is 0 Å². The molecule has 0 spiro atoms. The van der Waals surface area contributed by atoms with Gasteiger partial charge in [-0.05, 0) is 24.1 Å². The quantitative estimate of drug-likeness (QED) is 0.648. The summed E-state index contributed by atoms with van der Waals surface area (Å²) in [4.78, 5) is 12.2. The molecule has 1 aliphatic rings. The van der Waals surface area contributed by atoms with Crippen molar-refractivity contribution >= 4 is 27.7 Å². The van der Waals surface area contributed by atoms with Gasteiger partial charge in [-0.3, -0.25) is 4.79 Å². The van der Waals surface area contributed by atoms with Crippen molar-refractivity contribution in [3.8, 4) is 0 Å². The van der Waals surface area contributed by atoms with E-state index in [2.05, 4.69) is 31.7 Å². The van der Waals surface area contributed by atoms with E-state index in [-0.39, 0.29) is 17.9 Å². The Kier molecular flexibility index (Phi) is 5.78. The zero-order valence-electron chi connectivity index (χ0n) is 14.7. The van der Waals surface area contributed by atoms with E-state index in [9.17, 15) is 18.0 Å². The summed E-state index contributed by atoms with van der Waals surface area (Å²) in [5.41, 5.74) is 0.730. The molecule has 0 bridgehead atoms. The van der Waals surface area contributed by atoms with Gasteiger partial charge in [0.2, 0.25) is 0 Å². The Bertz CT molecular complexity index is 804. The highest BCUT2D eigenvalue weighted by atomic mass is 79.9. The van der Waals surface area contributed by atoms with Gasteiger partial charge in [-0.15, -0.1) is 0 Å². The molecule has 1 amide bonds. The Morgan fingerprint density at radius 3 is 2.70 bits per heavy atom. The number of rotatable bonds is 5. The molecule has 1 aromatic carbocycles. The second-order valence-electron chi connectivity index (χ2n) is 6.51. The van der Waals surface area contributed by atoms with E-state index in [1.54, 1.807) is 24.3 Å². The first-order valence-corrected chi connectivity index (χ1v) is 9.55. The molecule has 27 heavy (non-hydrogen) atoms. The number of benzene rings is 1. The van der Waals surface area contributed by atoms with Gasteiger partial charge in [0.05, 0.1) is 6.04 Å². The number of nitrogens with one attached hydrogen (secondary N) is 2. The van der Waals surface area contributed by atoms with Crippen LogP contribution in [0.1, 0.15) is 54.3 Å². The number of unbranched alkanes of at least 4 members (excludes halogenated alkanes) is 1. The van der Waals surface area contributed by atoms with E-state index in [0.717, 1.165) is 27.6 Å². The van der Waals surface area contributed by atoms with Crippen LogP contribution >= 0.6 is 15.9 Å². The lowest BCUT2D eigenvalue weighted by Crippen LogP contribution is -2.35. The van der Waals surface area contributed by atoms with Gasteiger partial charge in [-0.25, -0.2) is 4.68 Å². The summed E-state index contributed by atoms with van der Waals surface area (Å²) in [6.45, 7) is 2.46. The van der Waals surface area contributed by atoms with Crippen LogP contribution < -0.4 is 10.6 Å². The number of halogens is 4. The molecule has 2 N–H and O–H groups in total. The molecule has 0 saturated heterocycles. The maximum atomic E-state index is 13.6. The van der Waals surface area contributed by atoms with Crippen molar-refractivity contribution in [2.45, 2.75) is 44.4 Å². The molecule has 1 aromatic heterocycles. The minimum Gasteiger partial charge on any atom is -0.363 e. The van der Waals surface area contributed by atoms with Crippen LogP contribution in [0.2, 0.25) is 0 Å². The highest BCUT2D eigenvalue weighted by Gasteiger charge is 2.46. The lowest BCUT2D eigenvalue weighted by molar-refractivity contribution is -0.173. The summed E-state index contributed by atoms with van der Waals surface area (Å²) in [6.07, 6.45) is -2.95. The van der Waals surface area contributed by atoms with E-state index in [1.807, 2.05) is 6.92 Å². The van der Waals surface area contributed by atoms with Crippen molar-refractivity contribution in [3.05, 3.63) is 46.1 Å². The van der Waals surface area contributed by atoms with E-state index in [0.29, 0.717) is 6.54 Å². The number of amides is 1. The first-order valence-electron chi connectivity index (χ1n) is 8.76. The summed E-state index contributed by atoms with van der Waals surface area (Å²) in [5.74, 6) is -0.273. The number of hydrogen-bond acceptors (Lipinski definition) is 3. The minimum absolute atomic E-state index is 0.0145. The van der Waals surface area contributed by atoms with Gasteiger partial charge in [0.1, 0.15) is 5.82 Å². The molecule has 2 unspecified atom stereocenters. The topological polar surface area (TPSA) is 59.0 Å². The van der Waals surface area contributed by atoms with Crippen molar-refractivity contribution < 1.29 is 18.0 Å². The maximum Gasteiger partial charge on any atom is 0.410 e. The van der Waals surface area contributed by atoms with Crippen LogP contribution in [-0.2, 0) is 0 Å². The van der Waals surface area contributed by atoms with E-state index in [4.69, 9.17) is 0 Å². The van der Waals surface area contributed by atoms with Crippen LogP contribution in [0.25, 0.3) is 0 Å². The number of nitrogens with zero attached hydrogens (tertiary/aromatic N) is 2. The molecule has 1 aliphatic heterocycles. The second kappa shape index (κ2) is 7.92. The van der Waals surface area contributed by atoms with Crippen LogP contribution in [0.4, 0.5) is 19.0 Å². The molecule has 146 valence electrons. The van der Waals surface area contributed by atoms with Crippen molar-refractivity contribution in [3.63, 3.8) is 0 Å². The average molecular weight is 445 g/mol. The summed E-state index contributed by atoms with van der Waals surface area (Å²) in [5, 5.41) is 9.70. The van der Waals surface area contributed by atoms with Crippen LogP contribution in [0, 0.1) is 0 Å². The zero-order chi connectivity index (χ0) is 19.6. The highest BCUT2D eigenvalue weighted by molar-refractivity contribution is 9.10. The van der Waals surface area contributed by atoms with Gasteiger partial charge in [0.25, 0.3) is 5.91 Å². The molecule has 0 saturated carbocycles. The largest absolute Gasteiger partial charge is 0.410 e. The molecular weight excluding hydrogens is 425 g/mol. The van der Waals surface area contributed by atoms with E-state index >= 15 is 0 Å². The fourth-order valence-corrected chi connectivity index (χ4v) is 3.33. The Labute approximate surface area is 163 Å².